The van der Waals surface area contributed by atoms with E-state index in [0.717, 1.165) is 38.0 Å². The first-order valence-corrected chi connectivity index (χ1v) is 13.8. The maximum absolute atomic E-state index is 13.5. The number of aromatic nitrogens is 4. The van der Waals surface area contributed by atoms with Gasteiger partial charge in [-0.25, -0.2) is 0 Å². The molecule has 10 heteroatoms. The summed E-state index contributed by atoms with van der Waals surface area (Å²) in [4.78, 5) is 19.0. The fourth-order valence-electron chi connectivity index (χ4n) is 4.08. The molecule has 3 aromatic rings. The summed E-state index contributed by atoms with van der Waals surface area (Å²) in [5.74, 6) is 0.120. The van der Waals surface area contributed by atoms with Crippen LogP contribution >= 0.6 is 0 Å². The standard InChI is InChI=1S/C23H29AsN6O3/c1-2-28-14-12-19(13-15-28)16-29(21-10-8-20(9-11-21)24(32)33)23(31)22-25-27-30(26-22)17-18-6-4-3-5-7-18/h3-11,19,32-33H,2,12-17H2,1H3. The first-order chi connectivity index (χ1) is 16.0. The quantitative estimate of drug-likeness (QED) is 0.430. The third kappa shape index (κ3) is 6.06. The van der Waals surface area contributed by atoms with Gasteiger partial charge in [0.2, 0.25) is 0 Å². The van der Waals surface area contributed by atoms with Crippen LogP contribution in [0.3, 0.4) is 0 Å². The van der Waals surface area contributed by atoms with Crippen LogP contribution in [0.25, 0.3) is 0 Å². The van der Waals surface area contributed by atoms with Crippen molar-refractivity contribution in [3.05, 3.63) is 66.0 Å². The molecule has 2 N–H and O–H groups in total. The molecule has 174 valence electrons. The Morgan fingerprint density at radius 1 is 1.09 bits per heavy atom. The number of anilines is 1. The number of hydrogen-bond donors (Lipinski definition) is 2. The fraction of sp³-hybridized carbons (Fsp3) is 0.391. The van der Waals surface area contributed by atoms with E-state index in [4.69, 9.17) is 0 Å². The number of carbonyl (C=O) groups excluding carboxylic acids is 1. The number of nitrogens with zero attached hydrogens (tertiary/aromatic N) is 6. The van der Waals surface area contributed by atoms with Crippen molar-refractivity contribution in [3.8, 4) is 0 Å². The number of rotatable bonds is 8. The Morgan fingerprint density at radius 3 is 2.42 bits per heavy atom. The first-order valence-electron chi connectivity index (χ1n) is 11.2. The van der Waals surface area contributed by atoms with E-state index < -0.39 is 15.3 Å². The van der Waals surface area contributed by atoms with Gasteiger partial charge in [0.15, 0.2) is 0 Å². The average molecular weight is 512 g/mol. The minimum absolute atomic E-state index is 0.0537. The Balaban J connectivity index is 1.54. The molecule has 1 fully saturated rings. The van der Waals surface area contributed by atoms with Crippen LogP contribution in [0.5, 0.6) is 0 Å². The van der Waals surface area contributed by atoms with Crippen LogP contribution in [0.2, 0.25) is 0 Å². The summed E-state index contributed by atoms with van der Waals surface area (Å²) in [6.07, 6.45) is 2.04. The van der Waals surface area contributed by atoms with E-state index in [9.17, 15) is 13.0 Å². The van der Waals surface area contributed by atoms with Crippen molar-refractivity contribution in [1.29, 1.82) is 0 Å². The van der Waals surface area contributed by atoms with E-state index in [1.54, 1.807) is 29.2 Å². The number of likely N-dealkylation sites (tertiary alicyclic amines) is 1. The normalized spacial score (nSPS) is 15.2. The predicted octanol–water partition coefficient (Wildman–Crippen LogP) is 0.780. The summed E-state index contributed by atoms with van der Waals surface area (Å²) in [5, 5.41) is 12.4. The zero-order chi connectivity index (χ0) is 23.2. The number of benzene rings is 2. The van der Waals surface area contributed by atoms with E-state index in [1.807, 2.05) is 30.3 Å². The fourth-order valence-corrected chi connectivity index (χ4v) is 4.95. The zero-order valence-electron chi connectivity index (χ0n) is 18.7. The molecule has 1 saturated heterocycles. The second-order valence-corrected chi connectivity index (χ2v) is 10.5. The number of hydrogen-bond acceptors (Lipinski definition) is 7. The Labute approximate surface area is 198 Å². The second kappa shape index (κ2) is 11.0. The minimum atomic E-state index is -2.96. The van der Waals surface area contributed by atoms with E-state index >= 15 is 0 Å². The molecule has 9 nitrogen and oxygen atoms in total. The third-order valence-corrected chi connectivity index (χ3v) is 7.64. The van der Waals surface area contributed by atoms with Crippen LogP contribution in [-0.4, -0.2) is 80.7 Å². The van der Waals surface area contributed by atoms with Crippen LogP contribution in [0.4, 0.5) is 5.69 Å². The van der Waals surface area contributed by atoms with Crippen LogP contribution in [0.15, 0.2) is 54.6 Å². The van der Waals surface area contributed by atoms with Gasteiger partial charge < -0.3 is 0 Å². The molecule has 2 aromatic carbocycles. The summed E-state index contributed by atoms with van der Waals surface area (Å²) < 4.78 is 19.6. The predicted molar refractivity (Wildman–Crippen MR) is 126 cm³/mol. The van der Waals surface area contributed by atoms with Crippen molar-refractivity contribution in [2.75, 3.05) is 31.1 Å². The van der Waals surface area contributed by atoms with Gasteiger partial charge in [0, 0.05) is 0 Å². The van der Waals surface area contributed by atoms with Gasteiger partial charge in [0.05, 0.1) is 0 Å². The number of piperidine rings is 1. The monoisotopic (exact) mass is 512 g/mol. The molecule has 0 radical (unpaired) electrons. The summed E-state index contributed by atoms with van der Waals surface area (Å²) >= 11 is -2.96. The van der Waals surface area contributed by atoms with Crippen molar-refractivity contribution in [1.82, 2.24) is 25.1 Å². The van der Waals surface area contributed by atoms with Gasteiger partial charge in [-0.15, -0.1) is 0 Å². The number of carbonyl (C=O) groups is 1. The van der Waals surface area contributed by atoms with E-state index in [-0.39, 0.29) is 11.7 Å². The number of amides is 1. The van der Waals surface area contributed by atoms with Gasteiger partial charge in [0.25, 0.3) is 0 Å². The van der Waals surface area contributed by atoms with Crippen LogP contribution in [-0.2, 0) is 6.54 Å². The average Bonchev–Trinajstić information content (AvgIpc) is 3.31. The first kappa shape index (κ1) is 23.6. The Kier molecular flexibility index (Phi) is 7.88. The zero-order valence-corrected chi connectivity index (χ0v) is 20.5. The molecule has 0 saturated carbocycles. The maximum atomic E-state index is 13.5. The molecule has 1 aliphatic rings. The van der Waals surface area contributed by atoms with Crippen molar-refractivity contribution in [2.45, 2.75) is 26.3 Å². The molecule has 0 spiro atoms. The van der Waals surface area contributed by atoms with E-state index in [1.165, 1.54) is 4.80 Å². The Hall–Kier alpha value is -2.58. The van der Waals surface area contributed by atoms with Gasteiger partial charge in [-0.1, -0.05) is 18.2 Å². The van der Waals surface area contributed by atoms with E-state index in [0.29, 0.717) is 29.0 Å². The molecule has 0 aliphatic carbocycles. The molecular weight excluding hydrogens is 483 g/mol. The molecule has 0 unspecified atom stereocenters. The van der Waals surface area contributed by atoms with Gasteiger partial charge in [-0.05, 0) is 0 Å². The molecule has 1 aliphatic heterocycles. The van der Waals surface area contributed by atoms with Crippen molar-refractivity contribution in [2.24, 2.45) is 5.92 Å². The number of tetrazole rings is 1. The van der Waals surface area contributed by atoms with Crippen LogP contribution in [0, 0.1) is 5.92 Å². The van der Waals surface area contributed by atoms with Gasteiger partial charge in [-0.2, -0.15) is 0 Å². The third-order valence-electron chi connectivity index (χ3n) is 6.04. The van der Waals surface area contributed by atoms with Crippen molar-refractivity contribution >= 4 is 31.3 Å². The molecule has 33 heavy (non-hydrogen) atoms. The van der Waals surface area contributed by atoms with Crippen LogP contribution in [0.1, 0.15) is 35.9 Å². The summed E-state index contributed by atoms with van der Waals surface area (Å²) in [7, 11) is 0. The summed E-state index contributed by atoms with van der Waals surface area (Å²) in [6.45, 7) is 6.25. The molecule has 0 atom stereocenters. The molecule has 4 rings (SSSR count). The SMILES string of the molecule is CCN1CCC(CN(C(=O)c2nnn(Cc3ccccc3)n2)c2ccc([As](O)O)cc2)CC1. The van der Waals surface area contributed by atoms with Crippen molar-refractivity contribution in [3.63, 3.8) is 0 Å². The topological polar surface area (TPSA) is 108 Å². The molecular formula is C23H29AsN6O3. The van der Waals surface area contributed by atoms with Gasteiger partial charge >= 0.3 is 180 Å². The second-order valence-electron chi connectivity index (χ2n) is 8.23. The summed E-state index contributed by atoms with van der Waals surface area (Å²) in [5.41, 5.74) is 1.72. The Morgan fingerprint density at radius 2 is 1.79 bits per heavy atom. The van der Waals surface area contributed by atoms with Gasteiger partial charge in [0.1, 0.15) is 0 Å². The van der Waals surface area contributed by atoms with E-state index in [2.05, 4.69) is 27.2 Å². The van der Waals surface area contributed by atoms with Gasteiger partial charge in [-0.3, -0.25) is 0 Å². The molecule has 0 bridgehead atoms. The van der Waals surface area contributed by atoms with Crippen molar-refractivity contribution < 1.29 is 13.0 Å². The summed E-state index contributed by atoms with van der Waals surface area (Å²) in [6, 6.07) is 16.7. The Bertz CT molecular complexity index is 1040. The van der Waals surface area contributed by atoms with Crippen LogP contribution < -0.4 is 9.25 Å². The molecule has 1 aromatic heterocycles. The molecule has 2 heterocycles. The molecule has 1 amide bonds.